The molecule has 1 unspecified atom stereocenters. The number of carbonyl (C=O) groups excluding carboxylic acids is 2. The Bertz CT molecular complexity index is 1160. The fourth-order valence-corrected chi connectivity index (χ4v) is 4.41. The van der Waals surface area contributed by atoms with Crippen LogP contribution in [0.25, 0.3) is 0 Å². The van der Waals surface area contributed by atoms with Crippen molar-refractivity contribution in [3.05, 3.63) is 53.8 Å². The van der Waals surface area contributed by atoms with Gasteiger partial charge in [-0.25, -0.2) is 12.8 Å². The van der Waals surface area contributed by atoms with E-state index in [1.165, 1.54) is 41.3 Å². The molecule has 11 heteroatoms. The van der Waals surface area contributed by atoms with E-state index in [9.17, 15) is 22.4 Å². The van der Waals surface area contributed by atoms with Crippen LogP contribution in [0.15, 0.2) is 42.5 Å². The molecule has 2 aromatic carbocycles. The van der Waals surface area contributed by atoms with E-state index >= 15 is 0 Å². The number of benzene rings is 2. The minimum atomic E-state index is -3.87. The van der Waals surface area contributed by atoms with Gasteiger partial charge in [-0.15, -0.1) is 0 Å². The van der Waals surface area contributed by atoms with E-state index in [4.69, 9.17) is 9.47 Å². The quantitative estimate of drug-likeness (QED) is 0.529. The van der Waals surface area contributed by atoms with Crippen LogP contribution in [0.2, 0.25) is 0 Å². The van der Waals surface area contributed by atoms with Gasteiger partial charge in [0.15, 0.2) is 11.5 Å². The Balaban J connectivity index is 1.90. The smallest absolute Gasteiger partial charge is 0.244 e. The Kier molecular flexibility index (Phi) is 8.55. The summed E-state index contributed by atoms with van der Waals surface area (Å²) in [5.41, 5.74) is 0.829. The number of halogens is 1. The fourth-order valence-electron chi connectivity index (χ4n) is 3.57. The highest BCUT2D eigenvalue weighted by Crippen LogP contribution is 2.34. The molecule has 0 radical (unpaired) electrons. The number of nitrogens with zero attached hydrogens (tertiary/aromatic N) is 2. The Hall–Kier alpha value is -3.34. The van der Waals surface area contributed by atoms with Gasteiger partial charge in [-0.2, -0.15) is 0 Å². The zero-order valence-corrected chi connectivity index (χ0v) is 20.8. The van der Waals surface area contributed by atoms with Crippen LogP contribution in [0.1, 0.15) is 25.8 Å². The van der Waals surface area contributed by atoms with Crippen molar-refractivity contribution in [2.75, 3.05) is 36.9 Å². The predicted octanol–water partition coefficient (Wildman–Crippen LogP) is 2.31. The maximum Gasteiger partial charge on any atom is 0.244 e. The molecule has 0 fully saturated rings. The summed E-state index contributed by atoms with van der Waals surface area (Å²) in [6, 6.07) is 9.29. The lowest BCUT2D eigenvalue weighted by molar-refractivity contribution is -0.139. The summed E-state index contributed by atoms with van der Waals surface area (Å²) in [5, 5.41) is 2.76. The normalized spacial score (nSPS) is 13.6. The molecule has 0 spiro atoms. The molecule has 3 rings (SSSR count). The number of rotatable bonds is 10. The Morgan fingerprint density at radius 3 is 2.37 bits per heavy atom. The average Bonchev–Trinajstić information content (AvgIpc) is 2.83. The van der Waals surface area contributed by atoms with Gasteiger partial charge < -0.3 is 19.7 Å². The van der Waals surface area contributed by atoms with Gasteiger partial charge in [-0.3, -0.25) is 13.9 Å². The lowest BCUT2D eigenvalue weighted by Crippen LogP contribution is -2.51. The second-order valence-corrected chi connectivity index (χ2v) is 10.1. The van der Waals surface area contributed by atoms with Crippen molar-refractivity contribution in [3.63, 3.8) is 0 Å². The minimum Gasteiger partial charge on any atom is -0.486 e. The van der Waals surface area contributed by atoms with Gasteiger partial charge in [0.2, 0.25) is 21.8 Å². The summed E-state index contributed by atoms with van der Waals surface area (Å²) < 4.78 is 50.7. The van der Waals surface area contributed by atoms with Gasteiger partial charge in [0.05, 0.1) is 11.9 Å². The van der Waals surface area contributed by atoms with Gasteiger partial charge in [-0.05, 0) is 43.2 Å². The van der Waals surface area contributed by atoms with Crippen LogP contribution in [0, 0.1) is 5.82 Å². The van der Waals surface area contributed by atoms with Crippen LogP contribution in [-0.2, 0) is 26.2 Å². The highest BCUT2D eigenvalue weighted by Gasteiger charge is 2.30. The summed E-state index contributed by atoms with van der Waals surface area (Å²) in [7, 11) is -3.87. The molecule has 35 heavy (non-hydrogen) atoms. The van der Waals surface area contributed by atoms with E-state index in [-0.39, 0.29) is 18.1 Å². The lowest BCUT2D eigenvalue weighted by Gasteiger charge is -2.31. The topological polar surface area (TPSA) is 105 Å². The SMILES string of the molecule is CCCNC(=O)C(C)N(Cc1ccc(F)cc1)C(=O)CN(c1ccc2c(c1)OCCO2)S(C)(=O)=O. The first-order valence-corrected chi connectivity index (χ1v) is 13.1. The molecule has 0 saturated carbocycles. The zero-order valence-electron chi connectivity index (χ0n) is 20.0. The minimum absolute atomic E-state index is 0.00142. The van der Waals surface area contributed by atoms with Crippen molar-refractivity contribution in [2.24, 2.45) is 0 Å². The Labute approximate surface area is 204 Å². The number of amides is 2. The number of hydrogen-bond acceptors (Lipinski definition) is 6. The monoisotopic (exact) mass is 507 g/mol. The predicted molar refractivity (Wildman–Crippen MR) is 129 cm³/mol. The van der Waals surface area contributed by atoms with Gasteiger partial charge >= 0.3 is 0 Å². The Morgan fingerprint density at radius 2 is 1.74 bits per heavy atom. The van der Waals surface area contributed by atoms with Gasteiger partial charge in [-0.1, -0.05) is 19.1 Å². The molecule has 0 saturated heterocycles. The summed E-state index contributed by atoms with van der Waals surface area (Å²) >= 11 is 0. The highest BCUT2D eigenvalue weighted by atomic mass is 32.2. The van der Waals surface area contributed by atoms with E-state index in [2.05, 4.69) is 5.32 Å². The van der Waals surface area contributed by atoms with E-state index in [1.54, 1.807) is 13.0 Å². The van der Waals surface area contributed by atoms with Crippen molar-refractivity contribution in [2.45, 2.75) is 32.9 Å². The van der Waals surface area contributed by atoms with Crippen LogP contribution in [0.3, 0.4) is 0 Å². The second-order valence-electron chi connectivity index (χ2n) is 8.21. The van der Waals surface area contributed by atoms with Crippen molar-refractivity contribution in [3.8, 4) is 11.5 Å². The maximum absolute atomic E-state index is 13.5. The van der Waals surface area contributed by atoms with Crippen molar-refractivity contribution in [1.82, 2.24) is 10.2 Å². The summed E-state index contributed by atoms with van der Waals surface area (Å²) in [6.07, 6.45) is 1.72. The van der Waals surface area contributed by atoms with E-state index < -0.39 is 34.3 Å². The van der Waals surface area contributed by atoms with Crippen LogP contribution in [-0.4, -0.2) is 63.7 Å². The van der Waals surface area contributed by atoms with Crippen LogP contribution in [0.5, 0.6) is 11.5 Å². The number of anilines is 1. The van der Waals surface area contributed by atoms with Crippen LogP contribution < -0.4 is 19.1 Å². The van der Waals surface area contributed by atoms with E-state index in [0.29, 0.717) is 36.8 Å². The van der Waals surface area contributed by atoms with Crippen molar-refractivity contribution >= 4 is 27.5 Å². The second kappa shape index (κ2) is 11.4. The third kappa shape index (κ3) is 6.84. The van der Waals surface area contributed by atoms with Crippen molar-refractivity contribution in [1.29, 1.82) is 0 Å². The largest absolute Gasteiger partial charge is 0.486 e. The fraction of sp³-hybridized carbons (Fsp3) is 0.417. The molecular weight excluding hydrogens is 477 g/mol. The number of ether oxygens (including phenoxy) is 2. The molecule has 1 aliphatic rings. The Morgan fingerprint density at radius 1 is 1.09 bits per heavy atom. The molecule has 0 aromatic heterocycles. The molecular formula is C24H30FN3O6S. The first-order chi connectivity index (χ1) is 16.6. The third-order valence-corrected chi connectivity index (χ3v) is 6.62. The number of sulfonamides is 1. The van der Waals surface area contributed by atoms with E-state index in [0.717, 1.165) is 17.0 Å². The van der Waals surface area contributed by atoms with Gasteiger partial charge in [0.25, 0.3) is 0 Å². The average molecular weight is 508 g/mol. The highest BCUT2D eigenvalue weighted by molar-refractivity contribution is 7.92. The summed E-state index contributed by atoms with van der Waals surface area (Å²) in [4.78, 5) is 27.4. The van der Waals surface area contributed by atoms with Crippen LogP contribution in [0.4, 0.5) is 10.1 Å². The number of fused-ring (bicyclic) bond motifs is 1. The first kappa shape index (κ1) is 26.3. The zero-order chi connectivity index (χ0) is 25.6. The molecule has 190 valence electrons. The molecule has 9 nitrogen and oxygen atoms in total. The molecule has 1 heterocycles. The van der Waals surface area contributed by atoms with Crippen LogP contribution >= 0.6 is 0 Å². The maximum atomic E-state index is 13.5. The lowest BCUT2D eigenvalue weighted by atomic mass is 10.1. The first-order valence-electron chi connectivity index (χ1n) is 11.3. The number of carbonyl (C=O) groups is 2. The molecule has 0 aliphatic carbocycles. The molecule has 1 atom stereocenters. The van der Waals surface area contributed by atoms with E-state index in [1.807, 2.05) is 6.92 Å². The summed E-state index contributed by atoms with van der Waals surface area (Å²) in [5.74, 6) is -0.521. The van der Waals surface area contributed by atoms with Crippen molar-refractivity contribution < 1.29 is 31.9 Å². The molecule has 2 amide bonds. The third-order valence-electron chi connectivity index (χ3n) is 5.48. The molecule has 0 bridgehead atoms. The molecule has 1 N–H and O–H groups in total. The van der Waals surface area contributed by atoms with Gasteiger partial charge in [0.1, 0.15) is 31.6 Å². The standard InChI is InChI=1S/C24H30FN3O6S/c1-4-11-26-24(30)17(2)27(15-18-5-7-19(25)8-6-18)23(29)16-28(35(3,31)32)20-9-10-21-22(14-20)34-13-12-33-21/h5-10,14,17H,4,11-13,15-16H2,1-3H3,(H,26,30). The summed E-state index contributed by atoms with van der Waals surface area (Å²) in [6.45, 7) is 4.09. The molecule has 1 aliphatic heterocycles. The van der Waals surface area contributed by atoms with Gasteiger partial charge in [0, 0.05) is 19.2 Å². The number of nitrogens with one attached hydrogen (secondary N) is 1. The molecule has 2 aromatic rings. The number of hydrogen-bond donors (Lipinski definition) is 1.